The van der Waals surface area contributed by atoms with E-state index in [4.69, 9.17) is 0 Å². The summed E-state index contributed by atoms with van der Waals surface area (Å²) in [4.78, 5) is 0. The Bertz CT molecular complexity index is 721. The number of allylic oxidation sites excluding steroid dienone is 6. The molecule has 0 spiro atoms. The van der Waals surface area contributed by atoms with Crippen LogP contribution in [0.5, 0.6) is 0 Å². The number of benzene rings is 1. The van der Waals surface area contributed by atoms with Crippen LogP contribution in [0.1, 0.15) is 61.8 Å². The van der Waals surface area contributed by atoms with Gasteiger partial charge in [-0.3, -0.25) is 0 Å². The molecule has 3 aliphatic rings. The van der Waals surface area contributed by atoms with E-state index in [1.807, 2.05) is 0 Å². The Kier molecular flexibility index (Phi) is 2.82. The van der Waals surface area contributed by atoms with E-state index in [-0.39, 0.29) is 5.41 Å². The van der Waals surface area contributed by atoms with Crippen molar-refractivity contribution in [3.05, 3.63) is 64.3 Å². The van der Waals surface area contributed by atoms with Gasteiger partial charge in [-0.05, 0) is 71.2 Å². The number of hydrogen-bond acceptors (Lipinski definition) is 0. The maximum Gasteiger partial charge on any atom is 0.0155 e. The first-order chi connectivity index (χ1) is 10.2. The minimum atomic E-state index is 0.143. The molecule has 0 saturated heterocycles. The number of hydrogen-bond donors (Lipinski definition) is 0. The normalized spacial score (nSPS) is 21.6. The maximum absolute atomic E-state index is 2.48. The molecule has 0 heteroatoms. The minimum absolute atomic E-state index is 0.143. The zero-order valence-electron chi connectivity index (χ0n) is 12.9. The van der Waals surface area contributed by atoms with Crippen molar-refractivity contribution in [2.24, 2.45) is 0 Å². The highest BCUT2D eigenvalue weighted by Gasteiger charge is 2.38. The molecule has 21 heavy (non-hydrogen) atoms. The largest absolute Gasteiger partial charge is 0.0801 e. The Balaban J connectivity index is 2.00. The highest BCUT2D eigenvalue weighted by molar-refractivity contribution is 5.91. The predicted molar refractivity (Wildman–Crippen MR) is 92.1 cm³/mol. The molecule has 0 bridgehead atoms. The second kappa shape index (κ2) is 4.59. The molecule has 0 amide bonds. The standard InChI is InChI=1S/C21H22/c1-21(2)19-12-8-4-7-11-17(19)18-13-15-9-5-3-6-10-16(15)14-20(18)21/h5-6,9-14H,3-4,7-8H2,1-2H3. The summed E-state index contributed by atoms with van der Waals surface area (Å²) in [6, 6.07) is 4.84. The highest BCUT2D eigenvalue weighted by Crippen LogP contribution is 2.51. The average molecular weight is 274 g/mol. The molecule has 106 valence electrons. The highest BCUT2D eigenvalue weighted by atomic mass is 14.4. The fourth-order valence-electron chi connectivity index (χ4n) is 3.95. The third-order valence-corrected chi connectivity index (χ3v) is 5.12. The molecule has 0 aromatic heterocycles. The van der Waals surface area contributed by atoms with Crippen molar-refractivity contribution in [2.75, 3.05) is 0 Å². The average Bonchev–Trinajstić information content (AvgIpc) is 2.76. The summed E-state index contributed by atoms with van der Waals surface area (Å²) in [5, 5.41) is 0. The van der Waals surface area contributed by atoms with Crippen molar-refractivity contribution in [1.82, 2.24) is 0 Å². The lowest BCUT2D eigenvalue weighted by Crippen LogP contribution is -2.15. The first-order valence-corrected chi connectivity index (χ1v) is 8.11. The van der Waals surface area contributed by atoms with Crippen LogP contribution in [0, 0.1) is 0 Å². The third kappa shape index (κ3) is 1.89. The molecule has 0 heterocycles. The van der Waals surface area contributed by atoms with E-state index in [1.165, 1.54) is 47.1 Å². The van der Waals surface area contributed by atoms with E-state index < -0.39 is 0 Å². The lowest BCUT2D eigenvalue weighted by atomic mass is 9.81. The van der Waals surface area contributed by atoms with E-state index >= 15 is 0 Å². The van der Waals surface area contributed by atoms with Crippen molar-refractivity contribution in [1.29, 1.82) is 0 Å². The van der Waals surface area contributed by atoms with E-state index in [9.17, 15) is 0 Å². The summed E-state index contributed by atoms with van der Waals surface area (Å²) in [5.74, 6) is 0. The zero-order valence-corrected chi connectivity index (χ0v) is 12.9. The summed E-state index contributed by atoms with van der Waals surface area (Å²) in [5.41, 5.74) is 8.88. The Morgan fingerprint density at radius 2 is 1.62 bits per heavy atom. The van der Waals surface area contributed by atoms with Gasteiger partial charge < -0.3 is 0 Å². The van der Waals surface area contributed by atoms with Crippen LogP contribution in [0.25, 0.3) is 17.7 Å². The van der Waals surface area contributed by atoms with E-state index in [2.05, 4.69) is 62.4 Å². The van der Waals surface area contributed by atoms with Gasteiger partial charge in [-0.1, -0.05) is 50.3 Å². The minimum Gasteiger partial charge on any atom is -0.0801 e. The van der Waals surface area contributed by atoms with E-state index in [0.29, 0.717) is 0 Å². The summed E-state index contributed by atoms with van der Waals surface area (Å²) in [6.07, 6.45) is 18.8. The van der Waals surface area contributed by atoms with Gasteiger partial charge in [0.05, 0.1) is 0 Å². The van der Waals surface area contributed by atoms with Crippen LogP contribution in [0.3, 0.4) is 0 Å². The Morgan fingerprint density at radius 1 is 0.905 bits per heavy atom. The smallest absolute Gasteiger partial charge is 0.0155 e. The molecule has 0 radical (unpaired) electrons. The lowest BCUT2D eigenvalue weighted by molar-refractivity contribution is 0.656. The SMILES string of the molecule is CC1(C)C2=CCCCC=C2c2cc3c(cc21)C=CCC=C3. The topological polar surface area (TPSA) is 0 Å². The van der Waals surface area contributed by atoms with Gasteiger partial charge >= 0.3 is 0 Å². The van der Waals surface area contributed by atoms with Crippen molar-refractivity contribution < 1.29 is 0 Å². The quantitative estimate of drug-likeness (QED) is 0.552. The molecular weight excluding hydrogens is 252 g/mol. The van der Waals surface area contributed by atoms with Crippen molar-refractivity contribution in [3.63, 3.8) is 0 Å². The monoisotopic (exact) mass is 274 g/mol. The fraction of sp³-hybridized carbons (Fsp3) is 0.333. The van der Waals surface area contributed by atoms with Crippen molar-refractivity contribution >= 4 is 17.7 Å². The van der Waals surface area contributed by atoms with E-state index in [0.717, 1.165) is 6.42 Å². The molecule has 1 aromatic carbocycles. The Labute approximate surface area is 127 Å². The molecule has 4 rings (SSSR count). The molecule has 0 aliphatic heterocycles. The van der Waals surface area contributed by atoms with Gasteiger partial charge in [0.2, 0.25) is 0 Å². The lowest BCUT2D eigenvalue weighted by Gasteiger charge is -2.22. The predicted octanol–water partition coefficient (Wildman–Crippen LogP) is 5.90. The van der Waals surface area contributed by atoms with Gasteiger partial charge in [-0.25, -0.2) is 0 Å². The molecule has 0 N–H and O–H groups in total. The maximum atomic E-state index is 2.48. The van der Waals surface area contributed by atoms with Crippen LogP contribution >= 0.6 is 0 Å². The second-order valence-electron chi connectivity index (χ2n) is 6.86. The van der Waals surface area contributed by atoms with Gasteiger partial charge in [0, 0.05) is 5.41 Å². The molecule has 0 unspecified atom stereocenters. The van der Waals surface area contributed by atoms with Gasteiger partial charge in [0.25, 0.3) is 0 Å². The van der Waals surface area contributed by atoms with Crippen LogP contribution in [0.4, 0.5) is 0 Å². The molecule has 1 aromatic rings. The van der Waals surface area contributed by atoms with Gasteiger partial charge in [-0.15, -0.1) is 0 Å². The van der Waals surface area contributed by atoms with Crippen molar-refractivity contribution in [3.8, 4) is 0 Å². The van der Waals surface area contributed by atoms with E-state index in [1.54, 1.807) is 5.57 Å². The molecule has 0 saturated carbocycles. The van der Waals surface area contributed by atoms with Crippen molar-refractivity contribution in [2.45, 2.75) is 44.9 Å². The zero-order chi connectivity index (χ0) is 14.4. The summed E-state index contributed by atoms with van der Waals surface area (Å²) in [6.45, 7) is 4.76. The Morgan fingerprint density at radius 3 is 2.43 bits per heavy atom. The molecular formula is C21H22. The first kappa shape index (κ1) is 12.9. The molecule has 0 nitrogen and oxygen atoms in total. The van der Waals surface area contributed by atoms with Gasteiger partial charge in [-0.2, -0.15) is 0 Å². The molecule has 0 atom stereocenters. The first-order valence-electron chi connectivity index (χ1n) is 8.11. The summed E-state index contributed by atoms with van der Waals surface area (Å²) >= 11 is 0. The molecule has 0 fully saturated rings. The van der Waals surface area contributed by atoms with Gasteiger partial charge in [0.1, 0.15) is 0 Å². The van der Waals surface area contributed by atoms with Crippen LogP contribution in [0.15, 0.2) is 42.0 Å². The molecule has 3 aliphatic carbocycles. The summed E-state index contributed by atoms with van der Waals surface area (Å²) in [7, 11) is 0. The van der Waals surface area contributed by atoms with Crippen LogP contribution in [-0.2, 0) is 5.41 Å². The van der Waals surface area contributed by atoms with Gasteiger partial charge in [0.15, 0.2) is 0 Å². The van der Waals surface area contributed by atoms with Crippen LogP contribution in [-0.4, -0.2) is 0 Å². The summed E-state index contributed by atoms with van der Waals surface area (Å²) < 4.78 is 0. The number of rotatable bonds is 0. The van der Waals surface area contributed by atoms with Crippen LogP contribution < -0.4 is 0 Å². The van der Waals surface area contributed by atoms with Crippen LogP contribution in [0.2, 0.25) is 0 Å². The second-order valence-corrected chi connectivity index (χ2v) is 6.86. The number of fused-ring (bicyclic) bond motifs is 4. The third-order valence-electron chi connectivity index (χ3n) is 5.12. The Hall–Kier alpha value is -1.82. The fourth-order valence-corrected chi connectivity index (χ4v) is 3.95.